The Balaban J connectivity index is 0.000000745. The fourth-order valence-electron chi connectivity index (χ4n) is 4.24. The fraction of sp³-hybridized carbons (Fsp3) is 0.429. The quantitative estimate of drug-likeness (QED) is 0.363. The zero-order valence-electron chi connectivity index (χ0n) is 23.3. The van der Waals surface area contributed by atoms with E-state index in [0.29, 0.717) is 30.2 Å². The number of anilines is 1. The van der Waals surface area contributed by atoms with Crippen LogP contribution in [0.5, 0.6) is 5.75 Å². The number of piperazine rings is 1. The van der Waals surface area contributed by atoms with Crippen molar-refractivity contribution in [3.8, 4) is 5.75 Å². The van der Waals surface area contributed by atoms with Crippen LogP contribution in [0.2, 0.25) is 5.02 Å². The number of alkyl halides is 3. The molecule has 13 heteroatoms. The van der Waals surface area contributed by atoms with Gasteiger partial charge in [-0.05, 0) is 62.2 Å². The highest BCUT2D eigenvalue weighted by atomic mass is 35.5. The fourth-order valence-corrected chi connectivity index (χ4v) is 4.37. The number of carboxylic acids is 1. The Bertz CT molecular complexity index is 1250. The Labute approximate surface area is 241 Å². The molecule has 2 amide bonds. The predicted molar refractivity (Wildman–Crippen MR) is 147 cm³/mol. The molecular formula is C28H33ClF3N3O6. The summed E-state index contributed by atoms with van der Waals surface area (Å²) >= 11 is 6.04. The smallest absolute Gasteiger partial charge is 0.475 e. The van der Waals surface area contributed by atoms with Crippen LogP contribution in [-0.4, -0.2) is 71.2 Å². The first kappa shape index (κ1) is 33.4. The molecule has 224 valence electrons. The van der Waals surface area contributed by atoms with Crippen molar-refractivity contribution < 1.29 is 42.2 Å². The number of esters is 1. The molecular weight excluding hydrogens is 567 g/mol. The van der Waals surface area contributed by atoms with E-state index in [1.54, 1.807) is 18.2 Å². The van der Waals surface area contributed by atoms with E-state index in [9.17, 15) is 27.6 Å². The van der Waals surface area contributed by atoms with Gasteiger partial charge in [0.15, 0.2) is 0 Å². The van der Waals surface area contributed by atoms with Gasteiger partial charge in [-0.25, -0.2) is 4.79 Å². The summed E-state index contributed by atoms with van der Waals surface area (Å²) in [5.41, 5.74) is 1.08. The molecule has 1 heterocycles. The third-order valence-corrected chi connectivity index (χ3v) is 6.42. The first-order valence-corrected chi connectivity index (χ1v) is 13.0. The lowest BCUT2D eigenvalue weighted by Gasteiger charge is -2.49. The Hall–Kier alpha value is -3.80. The van der Waals surface area contributed by atoms with Crippen molar-refractivity contribution in [2.45, 2.75) is 52.4 Å². The lowest BCUT2D eigenvalue weighted by Crippen LogP contribution is -2.63. The van der Waals surface area contributed by atoms with Crippen LogP contribution >= 0.6 is 11.6 Å². The van der Waals surface area contributed by atoms with Crippen LogP contribution in [0.25, 0.3) is 0 Å². The number of carbonyl (C=O) groups excluding carboxylic acids is 3. The number of ether oxygens (including phenoxy) is 1. The van der Waals surface area contributed by atoms with E-state index in [-0.39, 0.29) is 29.0 Å². The molecule has 0 spiro atoms. The second-order valence-electron chi connectivity index (χ2n) is 10.3. The molecule has 0 saturated carbocycles. The summed E-state index contributed by atoms with van der Waals surface area (Å²) in [6.07, 6.45) is -5.08. The molecule has 41 heavy (non-hydrogen) atoms. The van der Waals surface area contributed by atoms with E-state index in [0.717, 1.165) is 5.69 Å². The van der Waals surface area contributed by atoms with Gasteiger partial charge in [0.2, 0.25) is 5.91 Å². The first-order chi connectivity index (χ1) is 18.9. The van der Waals surface area contributed by atoms with Gasteiger partial charge in [-0.1, -0.05) is 31.5 Å². The van der Waals surface area contributed by atoms with Gasteiger partial charge in [0.1, 0.15) is 11.8 Å². The van der Waals surface area contributed by atoms with Crippen molar-refractivity contribution in [1.82, 2.24) is 10.2 Å². The molecule has 1 aliphatic rings. The molecule has 3 rings (SSSR count). The molecule has 2 aromatic carbocycles. The molecule has 0 aromatic heterocycles. The lowest BCUT2D eigenvalue weighted by molar-refractivity contribution is -0.192. The minimum Gasteiger partial charge on any atom is -0.475 e. The van der Waals surface area contributed by atoms with E-state index in [4.69, 9.17) is 26.2 Å². The van der Waals surface area contributed by atoms with E-state index >= 15 is 0 Å². The van der Waals surface area contributed by atoms with Gasteiger partial charge in [0.05, 0.1) is 5.54 Å². The van der Waals surface area contributed by atoms with Gasteiger partial charge in [-0.15, -0.1) is 0 Å². The van der Waals surface area contributed by atoms with Crippen LogP contribution in [-0.2, 0) is 14.4 Å². The number of nitrogens with one attached hydrogen (secondary N) is 1. The summed E-state index contributed by atoms with van der Waals surface area (Å²) in [6, 6.07) is 13.4. The Morgan fingerprint density at radius 1 is 1.05 bits per heavy atom. The number of carboxylic acid groups (broad SMARTS) is 1. The average molecular weight is 600 g/mol. The van der Waals surface area contributed by atoms with Crippen LogP contribution in [0.1, 0.15) is 45.0 Å². The summed E-state index contributed by atoms with van der Waals surface area (Å²) in [5.74, 6) is -3.54. The van der Waals surface area contributed by atoms with Gasteiger partial charge < -0.3 is 25.0 Å². The molecule has 0 radical (unpaired) electrons. The van der Waals surface area contributed by atoms with Crippen LogP contribution in [0.4, 0.5) is 18.9 Å². The highest BCUT2D eigenvalue weighted by Crippen LogP contribution is 2.29. The molecule has 1 atom stereocenters. The first-order valence-electron chi connectivity index (χ1n) is 12.6. The third-order valence-electron chi connectivity index (χ3n) is 6.17. The van der Waals surface area contributed by atoms with Gasteiger partial charge in [0.25, 0.3) is 5.91 Å². The second-order valence-corrected chi connectivity index (χ2v) is 10.8. The molecule has 0 bridgehead atoms. The van der Waals surface area contributed by atoms with Crippen LogP contribution in [0.3, 0.4) is 0 Å². The minimum atomic E-state index is -5.08. The molecule has 1 fully saturated rings. The number of halogens is 4. The Morgan fingerprint density at radius 3 is 2.12 bits per heavy atom. The largest absolute Gasteiger partial charge is 0.490 e. The summed E-state index contributed by atoms with van der Waals surface area (Å²) in [5, 5.41) is 10.7. The summed E-state index contributed by atoms with van der Waals surface area (Å²) in [7, 11) is 0. The topological polar surface area (TPSA) is 116 Å². The summed E-state index contributed by atoms with van der Waals surface area (Å²) < 4.78 is 36.8. The standard InChI is InChI=1S/C26H32ClN3O4.C2HF3O2/c1-17(2)23(28-24(32)19-7-6-8-22(15-19)34-18(3)31)25(33)29-13-14-30(26(4,5)16-29)21-11-9-20(27)10-12-21;3-2(4,5)1(6)7/h6-12,15,17,23H,13-14,16H2,1-5H3,(H,28,32);(H,6,7)/t23-;/m1./s1. The van der Waals surface area contributed by atoms with Crippen molar-refractivity contribution in [3.05, 3.63) is 59.1 Å². The van der Waals surface area contributed by atoms with Crippen LogP contribution in [0, 0.1) is 5.92 Å². The van der Waals surface area contributed by atoms with E-state index in [2.05, 4.69) is 24.1 Å². The second kappa shape index (κ2) is 13.7. The highest BCUT2D eigenvalue weighted by Gasteiger charge is 2.39. The highest BCUT2D eigenvalue weighted by molar-refractivity contribution is 6.30. The maximum atomic E-state index is 13.5. The molecule has 9 nitrogen and oxygen atoms in total. The van der Waals surface area contributed by atoms with Crippen LogP contribution < -0.4 is 15.0 Å². The Kier molecular flexibility index (Phi) is 11.2. The normalized spacial score (nSPS) is 15.4. The van der Waals surface area contributed by atoms with Crippen molar-refractivity contribution >= 4 is 41.0 Å². The van der Waals surface area contributed by atoms with E-state index < -0.39 is 24.2 Å². The molecule has 2 aromatic rings. The van der Waals surface area contributed by atoms with Gasteiger partial charge in [-0.3, -0.25) is 14.4 Å². The van der Waals surface area contributed by atoms with Crippen molar-refractivity contribution in [2.75, 3.05) is 24.5 Å². The number of hydrogen-bond acceptors (Lipinski definition) is 6. The van der Waals surface area contributed by atoms with Gasteiger partial charge >= 0.3 is 18.1 Å². The summed E-state index contributed by atoms with van der Waals surface area (Å²) in [6.45, 7) is 11.1. The number of benzene rings is 2. The monoisotopic (exact) mass is 599 g/mol. The van der Waals surface area contributed by atoms with Crippen molar-refractivity contribution in [3.63, 3.8) is 0 Å². The Morgan fingerprint density at radius 2 is 1.63 bits per heavy atom. The average Bonchev–Trinajstić information content (AvgIpc) is 2.86. The number of rotatable bonds is 6. The van der Waals surface area contributed by atoms with E-state index in [1.807, 2.05) is 43.0 Å². The van der Waals surface area contributed by atoms with Crippen LogP contribution in [0.15, 0.2) is 48.5 Å². The lowest BCUT2D eigenvalue weighted by atomic mass is 9.95. The molecule has 1 saturated heterocycles. The maximum absolute atomic E-state index is 13.5. The predicted octanol–water partition coefficient (Wildman–Crippen LogP) is 4.78. The number of amides is 2. The van der Waals surface area contributed by atoms with Crippen molar-refractivity contribution in [1.29, 1.82) is 0 Å². The number of aliphatic carboxylic acids is 1. The minimum absolute atomic E-state index is 0.106. The van der Waals surface area contributed by atoms with Gasteiger partial charge in [-0.2, -0.15) is 13.2 Å². The molecule has 0 unspecified atom stereocenters. The maximum Gasteiger partial charge on any atom is 0.490 e. The molecule has 1 aliphatic heterocycles. The molecule has 2 N–H and O–H groups in total. The molecule has 0 aliphatic carbocycles. The number of nitrogens with zero attached hydrogens (tertiary/aromatic N) is 2. The van der Waals surface area contributed by atoms with Crippen molar-refractivity contribution in [2.24, 2.45) is 5.92 Å². The van der Waals surface area contributed by atoms with Gasteiger partial charge in [0, 0.05) is 42.8 Å². The zero-order chi connectivity index (χ0) is 31.1. The third kappa shape index (κ3) is 9.66. The number of carbonyl (C=O) groups is 4. The SMILES string of the molecule is CC(=O)Oc1cccc(C(=O)N[C@@H](C(=O)N2CCN(c3ccc(Cl)cc3)C(C)(C)C2)C(C)C)c1.O=C(O)C(F)(F)F. The van der Waals surface area contributed by atoms with E-state index in [1.165, 1.54) is 13.0 Å². The summed E-state index contributed by atoms with van der Waals surface area (Å²) in [4.78, 5) is 50.7. The zero-order valence-corrected chi connectivity index (χ0v) is 24.0. The number of hydrogen-bond donors (Lipinski definition) is 2.